The number of carbonyl (C=O) groups is 1. The lowest BCUT2D eigenvalue weighted by Gasteiger charge is -2.17. The lowest BCUT2D eigenvalue weighted by molar-refractivity contribution is -0.148. The van der Waals surface area contributed by atoms with E-state index in [1.54, 1.807) is 0 Å². The second kappa shape index (κ2) is 12.7. The van der Waals surface area contributed by atoms with E-state index in [1.807, 2.05) is 0 Å². The van der Waals surface area contributed by atoms with Gasteiger partial charge in [-0.3, -0.25) is 15.1 Å². The molecule has 2 atom stereocenters. The minimum Gasteiger partial charge on any atom is -0.446 e. The Bertz CT molecular complexity index is 414. The summed E-state index contributed by atoms with van der Waals surface area (Å²) in [5, 5.41) is -1.56. The highest BCUT2D eigenvalue weighted by Crippen LogP contribution is 2.15. The first-order chi connectivity index (χ1) is 10.8. The summed E-state index contributed by atoms with van der Waals surface area (Å²) in [6, 6.07) is 0. The van der Waals surface area contributed by atoms with Crippen molar-refractivity contribution < 1.29 is 22.5 Å². The molecule has 2 unspecified atom stereocenters. The molecule has 5 N–H and O–H groups in total. The Morgan fingerprint density at radius 3 is 2.04 bits per heavy atom. The molecule has 0 heterocycles. The fraction of sp³-hybridized carbons (Fsp3) is 0.933. The van der Waals surface area contributed by atoms with Gasteiger partial charge in [0, 0.05) is 6.42 Å². The summed E-state index contributed by atoms with van der Waals surface area (Å²) in [7, 11) is -4.49. The van der Waals surface area contributed by atoms with Crippen molar-refractivity contribution in [2.45, 2.75) is 82.6 Å². The Labute approximate surface area is 139 Å². The highest BCUT2D eigenvalue weighted by atomic mass is 32.2. The summed E-state index contributed by atoms with van der Waals surface area (Å²) < 4.78 is 36.7. The molecule has 0 amide bonds. The lowest BCUT2D eigenvalue weighted by Crippen LogP contribution is -2.38. The van der Waals surface area contributed by atoms with Crippen LogP contribution in [-0.4, -0.2) is 37.0 Å². The minimum absolute atomic E-state index is 0.0436. The van der Waals surface area contributed by atoms with Gasteiger partial charge in [0.2, 0.25) is 0 Å². The maximum absolute atomic E-state index is 11.8. The average Bonchev–Trinajstić information content (AvgIpc) is 2.44. The Balaban J connectivity index is 4.15. The number of rotatable bonds is 14. The number of hydrogen-bond acceptors (Lipinski definition) is 6. The molecule has 0 radical (unpaired) electrons. The molecule has 0 aromatic heterocycles. The van der Waals surface area contributed by atoms with Crippen LogP contribution in [0.15, 0.2) is 0 Å². The second-order valence-corrected chi connectivity index (χ2v) is 7.42. The van der Waals surface area contributed by atoms with Gasteiger partial charge in [0.1, 0.15) is 0 Å². The van der Waals surface area contributed by atoms with Crippen LogP contribution in [0, 0.1) is 0 Å². The largest absolute Gasteiger partial charge is 0.446 e. The van der Waals surface area contributed by atoms with Crippen molar-refractivity contribution in [1.29, 1.82) is 0 Å². The van der Waals surface area contributed by atoms with Crippen LogP contribution in [0.3, 0.4) is 0 Å². The molecule has 7 nitrogen and oxygen atoms in total. The Morgan fingerprint density at radius 1 is 1.04 bits per heavy atom. The van der Waals surface area contributed by atoms with Gasteiger partial charge in [-0.25, -0.2) is 0 Å². The zero-order chi connectivity index (χ0) is 17.7. The quantitative estimate of drug-likeness (QED) is 0.188. The fourth-order valence-corrected chi connectivity index (χ4v) is 3.06. The van der Waals surface area contributed by atoms with E-state index in [9.17, 15) is 17.8 Å². The molecule has 0 fully saturated rings. The van der Waals surface area contributed by atoms with Crippen LogP contribution in [0.4, 0.5) is 0 Å². The van der Waals surface area contributed by atoms with E-state index in [0.29, 0.717) is 6.42 Å². The fourth-order valence-electron chi connectivity index (χ4n) is 2.30. The number of carbonyl (C=O) groups excluding carboxylic acids is 1. The molecule has 0 saturated carbocycles. The highest BCUT2D eigenvalue weighted by Gasteiger charge is 2.33. The van der Waals surface area contributed by atoms with Gasteiger partial charge in [-0.15, -0.1) is 0 Å². The first-order valence-corrected chi connectivity index (χ1v) is 9.95. The van der Waals surface area contributed by atoms with Crippen LogP contribution >= 0.6 is 0 Å². The maximum Gasteiger partial charge on any atom is 0.328 e. The molecule has 0 bridgehead atoms. The third-order valence-corrected chi connectivity index (χ3v) is 4.81. The van der Waals surface area contributed by atoms with Gasteiger partial charge in [-0.1, -0.05) is 58.3 Å². The van der Waals surface area contributed by atoms with Crippen LogP contribution in [0.2, 0.25) is 0 Å². The van der Waals surface area contributed by atoms with E-state index >= 15 is 0 Å². The van der Waals surface area contributed by atoms with Gasteiger partial charge < -0.3 is 10.5 Å². The van der Waals surface area contributed by atoms with Crippen molar-refractivity contribution in [3.05, 3.63) is 0 Å². The summed E-state index contributed by atoms with van der Waals surface area (Å²) in [5.74, 6) is -1.00. The van der Waals surface area contributed by atoms with E-state index in [1.165, 1.54) is 25.7 Å². The van der Waals surface area contributed by atoms with E-state index in [4.69, 9.17) is 16.2 Å². The molecule has 0 aliphatic heterocycles. The summed E-state index contributed by atoms with van der Waals surface area (Å²) in [5.41, 5.74) is 10.8. The summed E-state index contributed by atoms with van der Waals surface area (Å²) in [4.78, 5) is 11.8. The van der Waals surface area contributed by atoms with Crippen molar-refractivity contribution >= 4 is 16.1 Å². The van der Waals surface area contributed by atoms with Gasteiger partial charge in [0.25, 0.3) is 10.1 Å². The molecule has 0 aromatic carbocycles. The smallest absolute Gasteiger partial charge is 0.328 e. The Kier molecular flexibility index (Phi) is 12.3. The van der Waals surface area contributed by atoms with Gasteiger partial charge in [0.05, 0.1) is 0 Å². The van der Waals surface area contributed by atoms with Crippen molar-refractivity contribution in [2.24, 2.45) is 11.5 Å². The van der Waals surface area contributed by atoms with Crippen molar-refractivity contribution in [3.63, 3.8) is 0 Å². The van der Waals surface area contributed by atoms with E-state index < -0.39 is 27.6 Å². The molecular formula is C15H32N2O5S. The topological polar surface area (TPSA) is 133 Å². The highest BCUT2D eigenvalue weighted by molar-refractivity contribution is 7.87. The van der Waals surface area contributed by atoms with Crippen LogP contribution < -0.4 is 11.5 Å². The first-order valence-electron chi connectivity index (χ1n) is 8.45. The molecule has 8 heteroatoms. The van der Waals surface area contributed by atoms with Crippen LogP contribution in [0.1, 0.15) is 71.1 Å². The molecule has 0 aliphatic rings. The Morgan fingerprint density at radius 2 is 1.57 bits per heavy atom. The zero-order valence-electron chi connectivity index (χ0n) is 14.1. The predicted molar refractivity (Wildman–Crippen MR) is 90.3 cm³/mol. The van der Waals surface area contributed by atoms with E-state index in [2.05, 4.69) is 6.92 Å². The van der Waals surface area contributed by atoms with Crippen LogP contribution in [-0.2, 0) is 19.6 Å². The molecule has 0 rings (SSSR count). The maximum atomic E-state index is 11.8. The molecule has 0 saturated heterocycles. The predicted octanol–water partition coefficient (Wildman–Crippen LogP) is 1.95. The van der Waals surface area contributed by atoms with Crippen LogP contribution in [0.5, 0.6) is 0 Å². The van der Waals surface area contributed by atoms with Gasteiger partial charge in [-0.2, -0.15) is 8.42 Å². The molecular weight excluding hydrogens is 320 g/mol. The van der Waals surface area contributed by atoms with Crippen molar-refractivity contribution in [3.8, 4) is 0 Å². The van der Waals surface area contributed by atoms with Crippen molar-refractivity contribution in [1.82, 2.24) is 0 Å². The average molecular weight is 352 g/mol. The van der Waals surface area contributed by atoms with E-state index in [-0.39, 0.29) is 19.4 Å². The zero-order valence-corrected chi connectivity index (χ0v) is 14.9. The summed E-state index contributed by atoms with van der Waals surface area (Å²) in [6.45, 7) is 2.39. The number of ether oxygens (including phenoxy) is 1. The molecule has 0 spiro atoms. The lowest BCUT2D eigenvalue weighted by atomic mass is 10.1. The van der Waals surface area contributed by atoms with Gasteiger partial charge >= 0.3 is 5.97 Å². The number of nitrogens with two attached hydrogens (primary N) is 2. The first kappa shape index (κ1) is 22.3. The Hall–Kier alpha value is -0.700. The second-order valence-electron chi connectivity index (χ2n) is 5.82. The third kappa shape index (κ3) is 11.5. The third-order valence-electron chi connectivity index (χ3n) is 3.66. The summed E-state index contributed by atoms with van der Waals surface area (Å²) >= 11 is 0. The molecule has 23 heavy (non-hydrogen) atoms. The van der Waals surface area contributed by atoms with Crippen molar-refractivity contribution in [2.75, 3.05) is 6.54 Å². The normalized spacial score (nSPS) is 14.4. The molecule has 0 aliphatic carbocycles. The molecule has 0 aromatic rings. The monoisotopic (exact) mass is 352 g/mol. The number of hydrogen-bond donors (Lipinski definition) is 3. The van der Waals surface area contributed by atoms with Gasteiger partial charge in [0.15, 0.2) is 11.5 Å². The standard InChI is InChI=1S/C15H32N2O5S/c1-2-3-4-5-6-7-8-9-10-13(23(19,20)21)15(18)22-14(17)11-12-16/h13-14H,2-12,16-17H2,1H3,(H,19,20,21). The minimum atomic E-state index is -4.49. The number of esters is 1. The number of unbranched alkanes of at least 4 members (excludes halogenated alkanes) is 7. The van der Waals surface area contributed by atoms with E-state index in [0.717, 1.165) is 19.3 Å². The SMILES string of the molecule is CCCCCCCCCCC(C(=O)OC(N)CCN)S(=O)(=O)O. The summed E-state index contributed by atoms with van der Waals surface area (Å²) in [6.07, 6.45) is 7.61. The van der Waals surface area contributed by atoms with Gasteiger partial charge in [-0.05, 0) is 13.0 Å². The molecule has 138 valence electrons. The van der Waals surface area contributed by atoms with Crippen LogP contribution in [0.25, 0.3) is 0 Å².